The van der Waals surface area contributed by atoms with Crippen molar-refractivity contribution in [3.63, 3.8) is 0 Å². The summed E-state index contributed by atoms with van der Waals surface area (Å²) in [6, 6.07) is 14.3. The molecule has 0 amide bonds. The molecule has 1 N–H and O–H groups in total. The second kappa shape index (κ2) is 11.9. The van der Waals surface area contributed by atoms with E-state index >= 15 is 0 Å². The lowest BCUT2D eigenvalue weighted by molar-refractivity contribution is 0.372. The lowest BCUT2D eigenvalue weighted by Gasteiger charge is -2.37. The van der Waals surface area contributed by atoms with Gasteiger partial charge < -0.3 is 19.9 Å². The highest BCUT2D eigenvalue weighted by molar-refractivity contribution is 14.0. The van der Waals surface area contributed by atoms with Crippen molar-refractivity contribution in [1.29, 1.82) is 0 Å². The van der Waals surface area contributed by atoms with Crippen molar-refractivity contribution in [3.05, 3.63) is 54.5 Å². The number of halogens is 1. The number of ether oxygens (including phenoxy) is 1. The molecule has 1 aliphatic rings. The molecule has 32 heavy (non-hydrogen) atoms. The number of fused-ring (bicyclic) bond motifs is 1. The molecule has 0 unspecified atom stereocenters. The molecule has 0 spiro atoms. The fourth-order valence-corrected chi connectivity index (χ4v) is 3.88. The number of rotatable bonds is 7. The number of aromatic nitrogens is 3. The maximum atomic E-state index is 5.26. The Morgan fingerprint density at radius 2 is 1.84 bits per heavy atom. The van der Waals surface area contributed by atoms with Crippen LogP contribution in [0.5, 0.6) is 5.75 Å². The van der Waals surface area contributed by atoms with Crippen LogP contribution in [0.4, 0.5) is 5.69 Å². The Labute approximate surface area is 206 Å². The Morgan fingerprint density at radius 1 is 1.06 bits per heavy atom. The van der Waals surface area contributed by atoms with Gasteiger partial charge in [0.05, 0.1) is 7.11 Å². The number of guanidine groups is 1. The largest absolute Gasteiger partial charge is 0.497 e. The standard InChI is InChI=1S/C23H31N7O.HI/c1-3-24-23(25-13-6-8-22-27-26-21-7-4-5-14-30(21)22)29-17-15-28(16-18-29)19-9-11-20(31-2)12-10-19;/h4-5,7,9-12,14H,3,6,8,13,15-18H2,1-2H3,(H,24,25);1H. The van der Waals surface area contributed by atoms with E-state index in [1.165, 1.54) is 5.69 Å². The second-order valence-electron chi connectivity index (χ2n) is 7.56. The van der Waals surface area contributed by atoms with Gasteiger partial charge in [-0.25, -0.2) is 0 Å². The summed E-state index contributed by atoms with van der Waals surface area (Å²) in [5, 5.41) is 12.0. The Kier molecular flexibility index (Phi) is 8.95. The summed E-state index contributed by atoms with van der Waals surface area (Å²) in [4.78, 5) is 9.65. The number of pyridine rings is 1. The van der Waals surface area contributed by atoms with E-state index in [-0.39, 0.29) is 24.0 Å². The number of anilines is 1. The van der Waals surface area contributed by atoms with Gasteiger partial charge in [-0.05, 0) is 49.7 Å². The summed E-state index contributed by atoms with van der Waals surface area (Å²) < 4.78 is 7.31. The Morgan fingerprint density at radius 3 is 2.56 bits per heavy atom. The van der Waals surface area contributed by atoms with Crippen molar-refractivity contribution in [2.75, 3.05) is 51.3 Å². The minimum absolute atomic E-state index is 0. The van der Waals surface area contributed by atoms with Gasteiger partial charge in [0.1, 0.15) is 11.6 Å². The summed E-state index contributed by atoms with van der Waals surface area (Å²) in [6.07, 6.45) is 3.82. The third-order valence-corrected chi connectivity index (χ3v) is 5.56. The molecule has 1 saturated heterocycles. The summed E-state index contributed by atoms with van der Waals surface area (Å²) in [5.41, 5.74) is 2.13. The maximum Gasteiger partial charge on any atom is 0.194 e. The maximum absolute atomic E-state index is 5.26. The number of hydrogen-bond donors (Lipinski definition) is 1. The molecule has 9 heteroatoms. The Hall–Kier alpha value is -2.56. The van der Waals surface area contributed by atoms with Crippen LogP contribution in [0.2, 0.25) is 0 Å². The smallest absolute Gasteiger partial charge is 0.194 e. The van der Waals surface area contributed by atoms with Crippen LogP contribution >= 0.6 is 24.0 Å². The fraction of sp³-hybridized carbons (Fsp3) is 0.435. The van der Waals surface area contributed by atoms with Crippen molar-refractivity contribution < 1.29 is 4.74 Å². The average Bonchev–Trinajstić information content (AvgIpc) is 3.24. The highest BCUT2D eigenvalue weighted by atomic mass is 127. The van der Waals surface area contributed by atoms with Gasteiger partial charge in [-0.2, -0.15) is 0 Å². The molecule has 0 saturated carbocycles. The molecule has 8 nitrogen and oxygen atoms in total. The van der Waals surface area contributed by atoms with Crippen LogP contribution in [0.1, 0.15) is 19.2 Å². The van der Waals surface area contributed by atoms with Crippen molar-refractivity contribution in [3.8, 4) is 5.75 Å². The molecule has 0 bridgehead atoms. The zero-order valence-electron chi connectivity index (χ0n) is 18.8. The molecule has 4 rings (SSSR count). The first-order valence-electron chi connectivity index (χ1n) is 11.0. The summed E-state index contributed by atoms with van der Waals surface area (Å²) in [5.74, 6) is 2.88. The number of hydrogen-bond acceptors (Lipinski definition) is 5. The van der Waals surface area contributed by atoms with E-state index in [4.69, 9.17) is 9.73 Å². The van der Waals surface area contributed by atoms with Crippen LogP contribution in [0.3, 0.4) is 0 Å². The van der Waals surface area contributed by atoms with E-state index in [1.807, 2.05) is 40.9 Å². The molecule has 3 heterocycles. The van der Waals surface area contributed by atoms with E-state index < -0.39 is 0 Å². The average molecular weight is 549 g/mol. The number of aliphatic imine (C=N–C) groups is 1. The monoisotopic (exact) mass is 549 g/mol. The first-order chi connectivity index (χ1) is 15.3. The van der Waals surface area contributed by atoms with Crippen molar-refractivity contribution >= 4 is 41.3 Å². The molecule has 0 aliphatic carbocycles. The Balaban J connectivity index is 0.00000289. The quantitative estimate of drug-likeness (QED) is 0.212. The lowest BCUT2D eigenvalue weighted by atomic mass is 10.2. The summed E-state index contributed by atoms with van der Waals surface area (Å²) >= 11 is 0. The van der Waals surface area contributed by atoms with E-state index in [1.54, 1.807) is 7.11 Å². The summed E-state index contributed by atoms with van der Waals surface area (Å²) in [6.45, 7) is 7.60. The van der Waals surface area contributed by atoms with Crippen molar-refractivity contribution in [2.24, 2.45) is 4.99 Å². The molecule has 1 fully saturated rings. The van der Waals surface area contributed by atoms with Gasteiger partial charge in [0.2, 0.25) is 0 Å². The molecule has 0 atom stereocenters. The predicted molar refractivity (Wildman–Crippen MR) is 139 cm³/mol. The molecule has 1 aliphatic heterocycles. The highest BCUT2D eigenvalue weighted by Crippen LogP contribution is 2.20. The third kappa shape index (κ3) is 5.81. The predicted octanol–water partition coefficient (Wildman–Crippen LogP) is 3.08. The molecule has 172 valence electrons. The van der Waals surface area contributed by atoms with E-state index in [2.05, 4.69) is 44.4 Å². The topological polar surface area (TPSA) is 70.3 Å². The number of benzene rings is 1. The number of aryl methyl sites for hydroxylation is 1. The minimum Gasteiger partial charge on any atom is -0.497 e. The van der Waals surface area contributed by atoms with Crippen LogP contribution in [0.15, 0.2) is 53.7 Å². The van der Waals surface area contributed by atoms with Gasteiger partial charge in [0.15, 0.2) is 11.6 Å². The zero-order valence-corrected chi connectivity index (χ0v) is 21.1. The van der Waals surface area contributed by atoms with E-state index in [9.17, 15) is 0 Å². The lowest BCUT2D eigenvalue weighted by Crippen LogP contribution is -2.52. The van der Waals surface area contributed by atoms with Crippen LogP contribution in [0.25, 0.3) is 5.65 Å². The van der Waals surface area contributed by atoms with E-state index in [0.717, 1.165) is 75.3 Å². The zero-order chi connectivity index (χ0) is 21.5. The van der Waals surface area contributed by atoms with Crippen LogP contribution in [-0.2, 0) is 6.42 Å². The van der Waals surface area contributed by atoms with Gasteiger partial charge >= 0.3 is 0 Å². The fourth-order valence-electron chi connectivity index (χ4n) is 3.88. The third-order valence-electron chi connectivity index (χ3n) is 5.56. The number of nitrogens with one attached hydrogen (secondary N) is 1. The van der Waals surface area contributed by atoms with Gasteiger partial charge in [0, 0.05) is 57.6 Å². The molecular formula is C23H32IN7O. The van der Waals surface area contributed by atoms with Crippen molar-refractivity contribution in [1.82, 2.24) is 24.8 Å². The van der Waals surface area contributed by atoms with Gasteiger partial charge in [-0.1, -0.05) is 6.07 Å². The summed E-state index contributed by atoms with van der Waals surface area (Å²) in [7, 11) is 1.70. The second-order valence-corrected chi connectivity index (χ2v) is 7.56. The number of nitrogens with zero attached hydrogens (tertiary/aromatic N) is 6. The first kappa shape index (κ1) is 24.1. The Bertz CT molecular complexity index is 997. The SMILES string of the molecule is CCNC(=NCCCc1nnc2ccccn12)N1CCN(c2ccc(OC)cc2)CC1.I. The highest BCUT2D eigenvalue weighted by Gasteiger charge is 2.19. The van der Waals surface area contributed by atoms with Crippen LogP contribution in [-0.4, -0.2) is 71.8 Å². The molecule has 3 aromatic rings. The number of piperazine rings is 1. The van der Waals surface area contributed by atoms with Gasteiger partial charge in [0.25, 0.3) is 0 Å². The first-order valence-corrected chi connectivity index (χ1v) is 11.0. The molecular weight excluding hydrogens is 517 g/mol. The molecule has 0 radical (unpaired) electrons. The van der Waals surface area contributed by atoms with Crippen molar-refractivity contribution in [2.45, 2.75) is 19.8 Å². The van der Waals surface area contributed by atoms with Gasteiger partial charge in [-0.3, -0.25) is 9.39 Å². The molecule has 1 aromatic carbocycles. The van der Waals surface area contributed by atoms with Crippen LogP contribution < -0.4 is 15.0 Å². The van der Waals surface area contributed by atoms with E-state index in [0.29, 0.717) is 0 Å². The molecule has 2 aromatic heterocycles. The normalized spacial score (nSPS) is 14.4. The van der Waals surface area contributed by atoms with Gasteiger partial charge in [-0.15, -0.1) is 34.2 Å². The van der Waals surface area contributed by atoms with Crippen LogP contribution in [0, 0.1) is 0 Å². The minimum atomic E-state index is 0. The number of methoxy groups -OCH3 is 1.